The second kappa shape index (κ2) is 3.93. The van der Waals surface area contributed by atoms with Crippen LogP contribution in [0.1, 0.15) is 0 Å². The van der Waals surface area contributed by atoms with Crippen molar-refractivity contribution in [2.45, 2.75) is 9.79 Å². The zero-order chi connectivity index (χ0) is 10.2. The molecule has 0 aliphatic heterocycles. The Morgan fingerprint density at radius 2 is 1.77 bits per heavy atom. The fourth-order valence-electron chi connectivity index (χ4n) is 1.49. The summed E-state index contributed by atoms with van der Waals surface area (Å²) in [6.07, 6.45) is 0. The van der Waals surface area contributed by atoms with Crippen LogP contribution in [0.3, 0.4) is 0 Å². The first-order valence-electron chi connectivity index (χ1n) is 4.13. The average molecular weight is 204 g/mol. The number of benzene rings is 1. The first-order valence-corrected chi connectivity index (χ1v) is 5.02. The van der Waals surface area contributed by atoms with Gasteiger partial charge in [-0.25, -0.2) is 0 Å². The zero-order valence-electron chi connectivity index (χ0n) is 8.18. The Labute approximate surface area is 92.5 Å². The molecule has 5 heteroatoms. The molecule has 0 aliphatic carbocycles. The summed E-state index contributed by atoms with van der Waals surface area (Å²) in [7, 11) is 6.24. The molecule has 64 valence electrons. The average Bonchev–Trinajstić information content (AvgIpc) is 1.99. The Morgan fingerprint density at radius 1 is 1.23 bits per heavy atom. The summed E-state index contributed by atoms with van der Waals surface area (Å²) < 4.78 is 0. The quantitative estimate of drug-likeness (QED) is 0.332. The van der Waals surface area contributed by atoms with Crippen LogP contribution in [0.4, 0.5) is 0 Å². The van der Waals surface area contributed by atoms with E-state index in [2.05, 4.69) is 55.4 Å². The number of thiol groups is 2. The van der Waals surface area contributed by atoms with Crippen LogP contribution >= 0.6 is 25.3 Å². The second-order valence-corrected chi connectivity index (χ2v) is 4.32. The van der Waals surface area contributed by atoms with Gasteiger partial charge in [0.05, 0.1) is 0 Å². The predicted molar refractivity (Wildman–Crippen MR) is 74.4 cm³/mol. The van der Waals surface area contributed by atoms with Gasteiger partial charge in [0.1, 0.15) is 23.5 Å². The van der Waals surface area contributed by atoms with E-state index in [0.29, 0.717) is 0 Å². The lowest BCUT2D eigenvalue weighted by Crippen LogP contribution is -2.34. The highest BCUT2D eigenvalue weighted by atomic mass is 32.1. The SMILES string of the molecule is BC(B)=c1c(B)cc(=C)c(S)c1S. The van der Waals surface area contributed by atoms with Crippen molar-refractivity contribution in [1.82, 2.24) is 0 Å². The third-order valence-electron chi connectivity index (χ3n) is 2.05. The van der Waals surface area contributed by atoms with E-state index in [9.17, 15) is 0 Å². The molecule has 0 saturated carbocycles. The predicted octanol–water partition coefficient (Wildman–Crippen LogP) is -2.74. The van der Waals surface area contributed by atoms with Gasteiger partial charge in [-0.1, -0.05) is 18.1 Å². The largest absolute Gasteiger partial charge is 0.142 e. The molecule has 0 fully saturated rings. The van der Waals surface area contributed by atoms with Gasteiger partial charge < -0.3 is 0 Å². The van der Waals surface area contributed by atoms with Gasteiger partial charge in [0.25, 0.3) is 0 Å². The van der Waals surface area contributed by atoms with Gasteiger partial charge >= 0.3 is 0 Å². The maximum atomic E-state index is 4.45. The maximum absolute atomic E-state index is 4.45. The fourth-order valence-corrected chi connectivity index (χ4v) is 2.21. The standard InChI is InChI=1S/C8H11B3S2/c1-3-2-4(9)5(8(10)11)7(13)6(3)12/h2,12-13H,1,9-11H2. The summed E-state index contributed by atoms with van der Waals surface area (Å²) in [5.41, 5.74) is 1.22. The highest BCUT2D eigenvalue weighted by Crippen LogP contribution is 2.06. The number of rotatable bonds is 0. The fraction of sp³-hybridized carbons (Fsp3) is 0. The van der Waals surface area contributed by atoms with E-state index in [1.165, 1.54) is 16.1 Å². The molecule has 0 spiro atoms. The lowest BCUT2D eigenvalue weighted by Gasteiger charge is -2.06. The molecule has 1 rings (SSSR count). The lowest BCUT2D eigenvalue weighted by atomic mass is 9.74. The van der Waals surface area contributed by atoms with Crippen LogP contribution in [-0.4, -0.2) is 23.5 Å². The van der Waals surface area contributed by atoms with Crippen molar-refractivity contribution in [3.8, 4) is 0 Å². The topological polar surface area (TPSA) is 0 Å². The molecule has 0 unspecified atom stereocenters. The molecule has 0 aliphatic rings. The molecular weight excluding hydrogens is 193 g/mol. The summed E-state index contributed by atoms with van der Waals surface area (Å²) in [4.78, 5) is 1.82. The molecule has 1 aromatic rings. The van der Waals surface area contributed by atoms with Crippen molar-refractivity contribution in [3.05, 3.63) is 16.5 Å². The normalized spacial score (nSPS) is 10.0. The second-order valence-electron chi connectivity index (χ2n) is 3.42. The molecule has 0 bridgehead atoms. The van der Waals surface area contributed by atoms with Gasteiger partial charge in [-0.15, -0.1) is 30.6 Å². The molecule has 0 N–H and O–H groups in total. The Hall–Kier alpha value is -0.145. The first-order chi connectivity index (χ1) is 5.95. The molecule has 0 saturated heterocycles. The number of hydrogen-bond acceptors (Lipinski definition) is 2. The van der Waals surface area contributed by atoms with E-state index in [0.717, 1.165) is 15.0 Å². The van der Waals surface area contributed by atoms with E-state index < -0.39 is 0 Å². The summed E-state index contributed by atoms with van der Waals surface area (Å²) in [5, 5.41) is 3.40. The molecule has 0 nitrogen and oxygen atoms in total. The van der Waals surface area contributed by atoms with Crippen LogP contribution in [0.2, 0.25) is 0 Å². The highest BCUT2D eigenvalue weighted by Gasteiger charge is 2.01. The molecule has 0 radical (unpaired) electrons. The van der Waals surface area contributed by atoms with E-state index in [1.807, 2.05) is 6.07 Å². The molecule has 1 aromatic carbocycles. The van der Waals surface area contributed by atoms with Gasteiger partial charge in [0.15, 0.2) is 0 Å². The summed E-state index contributed by atoms with van der Waals surface area (Å²) in [6, 6.07) is 2.05. The minimum absolute atomic E-state index is 0.880. The smallest absolute Gasteiger partial charge is 0.140 e. The monoisotopic (exact) mass is 204 g/mol. The molecule has 13 heavy (non-hydrogen) atoms. The molecule has 0 atom stereocenters. The summed E-state index contributed by atoms with van der Waals surface area (Å²) in [6.45, 7) is 3.91. The lowest BCUT2D eigenvalue weighted by molar-refractivity contribution is 1.20. The van der Waals surface area contributed by atoms with Crippen molar-refractivity contribution < 1.29 is 0 Å². The van der Waals surface area contributed by atoms with Gasteiger partial charge in [-0.05, 0) is 10.4 Å². The van der Waals surface area contributed by atoms with E-state index >= 15 is 0 Å². The Balaban J connectivity index is 3.86. The Morgan fingerprint density at radius 3 is 2.23 bits per heavy atom. The Kier molecular flexibility index (Phi) is 3.30. The third kappa shape index (κ3) is 2.02. The third-order valence-corrected chi connectivity index (χ3v) is 3.18. The van der Waals surface area contributed by atoms with Crippen molar-refractivity contribution in [3.63, 3.8) is 0 Å². The minimum Gasteiger partial charge on any atom is -0.142 e. The van der Waals surface area contributed by atoms with Crippen LogP contribution in [-0.2, 0) is 0 Å². The van der Waals surface area contributed by atoms with Crippen LogP contribution in [0.15, 0.2) is 15.9 Å². The summed E-state index contributed by atoms with van der Waals surface area (Å²) >= 11 is 8.82. The first kappa shape index (κ1) is 10.9. The van der Waals surface area contributed by atoms with Gasteiger partial charge in [-0.2, -0.15) is 0 Å². The number of hydrogen-bond donors (Lipinski definition) is 2. The van der Waals surface area contributed by atoms with Crippen molar-refractivity contribution in [2.24, 2.45) is 0 Å². The maximum Gasteiger partial charge on any atom is 0.140 e. The zero-order valence-corrected chi connectivity index (χ0v) is 9.97. The van der Waals surface area contributed by atoms with E-state index in [-0.39, 0.29) is 0 Å². The Bertz CT molecular complexity index is 449. The van der Waals surface area contributed by atoms with Gasteiger partial charge in [0.2, 0.25) is 0 Å². The van der Waals surface area contributed by atoms with Crippen LogP contribution in [0, 0.1) is 0 Å². The van der Waals surface area contributed by atoms with Crippen LogP contribution in [0.25, 0.3) is 12.0 Å². The van der Waals surface area contributed by atoms with Crippen molar-refractivity contribution in [2.75, 3.05) is 0 Å². The van der Waals surface area contributed by atoms with E-state index in [4.69, 9.17) is 0 Å². The van der Waals surface area contributed by atoms with Gasteiger partial charge in [0, 0.05) is 9.79 Å². The van der Waals surface area contributed by atoms with E-state index in [1.54, 1.807) is 0 Å². The van der Waals surface area contributed by atoms with Crippen LogP contribution < -0.4 is 15.9 Å². The molecular formula is C8H11B3S2. The van der Waals surface area contributed by atoms with Crippen molar-refractivity contribution >= 4 is 66.2 Å². The van der Waals surface area contributed by atoms with Gasteiger partial charge in [-0.3, -0.25) is 0 Å². The summed E-state index contributed by atoms with van der Waals surface area (Å²) in [5.74, 6) is 0. The molecule has 0 amide bonds. The molecule has 0 aromatic heterocycles. The highest BCUT2D eigenvalue weighted by molar-refractivity contribution is 7.83. The van der Waals surface area contributed by atoms with Crippen molar-refractivity contribution in [1.29, 1.82) is 0 Å². The minimum atomic E-state index is 0.880. The molecule has 0 heterocycles. The van der Waals surface area contributed by atoms with Crippen LogP contribution in [0.5, 0.6) is 0 Å².